The Labute approximate surface area is 86.0 Å². The Morgan fingerprint density at radius 3 is 2.86 bits per heavy atom. The van der Waals surface area contributed by atoms with Crippen LogP contribution < -0.4 is 5.56 Å². The molecule has 2 rings (SSSR count). The second kappa shape index (κ2) is 3.10. The van der Waals surface area contributed by atoms with Gasteiger partial charge in [-0.2, -0.15) is 0 Å². The van der Waals surface area contributed by atoms with Gasteiger partial charge in [-0.25, -0.2) is 4.98 Å². The fourth-order valence-electron chi connectivity index (χ4n) is 1.36. The maximum absolute atomic E-state index is 11.7. The second-order valence-electron chi connectivity index (χ2n) is 3.27. The molecular formula is C10H9ClN2O. The molecule has 2 aromatic rings. The van der Waals surface area contributed by atoms with Crippen LogP contribution in [0.2, 0.25) is 5.28 Å². The van der Waals surface area contributed by atoms with Crippen LogP contribution in [0.5, 0.6) is 0 Å². The Morgan fingerprint density at radius 1 is 1.43 bits per heavy atom. The number of hydrogen-bond donors (Lipinski definition) is 0. The van der Waals surface area contributed by atoms with Gasteiger partial charge in [0.1, 0.15) is 0 Å². The van der Waals surface area contributed by atoms with E-state index < -0.39 is 0 Å². The molecule has 0 bridgehead atoms. The summed E-state index contributed by atoms with van der Waals surface area (Å²) in [7, 11) is 1.61. The third-order valence-corrected chi connectivity index (χ3v) is 2.51. The van der Waals surface area contributed by atoms with Crippen molar-refractivity contribution in [2.24, 2.45) is 7.05 Å². The van der Waals surface area contributed by atoms with E-state index in [9.17, 15) is 4.79 Å². The van der Waals surface area contributed by atoms with E-state index in [1.807, 2.05) is 19.1 Å². The van der Waals surface area contributed by atoms with E-state index in [0.29, 0.717) is 10.9 Å². The van der Waals surface area contributed by atoms with Crippen molar-refractivity contribution < 1.29 is 0 Å². The van der Waals surface area contributed by atoms with Crippen LogP contribution in [0.25, 0.3) is 10.9 Å². The first kappa shape index (κ1) is 9.21. The van der Waals surface area contributed by atoms with Gasteiger partial charge in [-0.3, -0.25) is 9.36 Å². The summed E-state index contributed by atoms with van der Waals surface area (Å²) < 4.78 is 1.34. The highest BCUT2D eigenvalue weighted by Crippen LogP contribution is 2.12. The van der Waals surface area contributed by atoms with E-state index >= 15 is 0 Å². The summed E-state index contributed by atoms with van der Waals surface area (Å²) in [5.41, 5.74) is 1.58. The van der Waals surface area contributed by atoms with Gasteiger partial charge in [0.15, 0.2) is 0 Å². The van der Waals surface area contributed by atoms with Crippen molar-refractivity contribution in [2.75, 3.05) is 0 Å². The molecule has 72 valence electrons. The van der Waals surface area contributed by atoms with Gasteiger partial charge in [0.25, 0.3) is 5.56 Å². The molecule has 0 spiro atoms. The normalized spacial score (nSPS) is 10.8. The highest BCUT2D eigenvalue weighted by molar-refractivity contribution is 6.28. The number of benzene rings is 1. The summed E-state index contributed by atoms with van der Waals surface area (Å²) in [4.78, 5) is 15.8. The maximum Gasteiger partial charge on any atom is 0.262 e. The van der Waals surface area contributed by atoms with Gasteiger partial charge < -0.3 is 0 Å². The summed E-state index contributed by atoms with van der Waals surface area (Å²) in [5, 5.41) is 0.822. The van der Waals surface area contributed by atoms with Crippen LogP contribution in [0, 0.1) is 6.92 Å². The molecule has 0 radical (unpaired) electrons. The maximum atomic E-state index is 11.7. The molecule has 0 N–H and O–H groups in total. The molecule has 1 aromatic carbocycles. The Kier molecular flexibility index (Phi) is 2.04. The summed E-state index contributed by atoms with van der Waals surface area (Å²) in [5.74, 6) is 0. The lowest BCUT2D eigenvalue weighted by Gasteiger charge is -2.03. The molecule has 14 heavy (non-hydrogen) atoms. The number of fused-ring (bicyclic) bond motifs is 1. The molecule has 1 aromatic heterocycles. The van der Waals surface area contributed by atoms with Crippen LogP contribution in [-0.4, -0.2) is 9.55 Å². The highest BCUT2D eigenvalue weighted by Gasteiger charge is 2.05. The van der Waals surface area contributed by atoms with Gasteiger partial charge in [-0.1, -0.05) is 11.6 Å². The summed E-state index contributed by atoms with van der Waals surface area (Å²) in [6.07, 6.45) is 0. The van der Waals surface area contributed by atoms with Crippen LogP contribution in [0.3, 0.4) is 0 Å². The number of aromatic nitrogens is 2. The van der Waals surface area contributed by atoms with Gasteiger partial charge in [0.05, 0.1) is 10.9 Å². The number of halogens is 1. The Balaban J connectivity index is 2.99. The molecule has 0 fully saturated rings. The van der Waals surface area contributed by atoms with E-state index in [1.165, 1.54) is 4.57 Å². The van der Waals surface area contributed by atoms with E-state index in [1.54, 1.807) is 13.1 Å². The zero-order valence-electron chi connectivity index (χ0n) is 7.91. The van der Waals surface area contributed by atoms with E-state index in [0.717, 1.165) is 5.56 Å². The first-order chi connectivity index (χ1) is 6.59. The van der Waals surface area contributed by atoms with Crippen molar-refractivity contribution in [1.82, 2.24) is 9.55 Å². The number of aryl methyl sites for hydroxylation is 1. The van der Waals surface area contributed by atoms with Gasteiger partial charge in [0.2, 0.25) is 5.28 Å². The second-order valence-corrected chi connectivity index (χ2v) is 3.60. The molecule has 0 saturated carbocycles. The van der Waals surface area contributed by atoms with Gasteiger partial charge in [-0.15, -0.1) is 0 Å². The molecule has 0 amide bonds. The smallest absolute Gasteiger partial charge is 0.262 e. The third-order valence-electron chi connectivity index (χ3n) is 2.18. The van der Waals surface area contributed by atoms with E-state index in [4.69, 9.17) is 11.6 Å². The topological polar surface area (TPSA) is 34.9 Å². The molecule has 0 aliphatic carbocycles. The first-order valence-electron chi connectivity index (χ1n) is 4.22. The minimum atomic E-state index is -0.108. The summed E-state index contributed by atoms with van der Waals surface area (Å²) >= 11 is 5.78. The number of rotatable bonds is 0. The average Bonchev–Trinajstić information content (AvgIpc) is 2.16. The van der Waals surface area contributed by atoms with Crippen molar-refractivity contribution >= 4 is 22.5 Å². The van der Waals surface area contributed by atoms with Gasteiger partial charge in [0, 0.05) is 7.05 Å². The number of nitrogens with zero attached hydrogens (tertiary/aromatic N) is 2. The third kappa shape index (κ3) is 1.30. The molecular weight excluding hydrogens is 200 g/mol. The van der Waals surface area contributed by atoms with E-state index in [-0.39, 0.29) is 10.8 Å². The minimum Gasteiger partial charge on any atom is -0.286 e. The Hall–Kier alpha value is -1.35. The van der Waals surface area contributed by atoms with Gasteiger partial charge >= 0.3 is 0 Å². The molecule has 0 saturated heterocycles. The van der Waals surface area contributed by atoms with Crippen LogP contribution in [0.4, 0.5) is 0 Å². The minimum absolute atomic E-state index is 0.108. The lowest BCUT2D eigenvalue weighted by Crippen LogP contribution is -2.18. The summed E-state index contributed by atoms with van der Waals surface area (Å²) in [6.45, 7) is 1.94. The van der Waals surface area contributed by atoms with Crippen molar-refractivity contribution in [3.63, 3.8) is 0 Å². The molecule has 3 nitrogen and oxygen atoms in total. The van der Waals surface area contributed by atoms with E-state index in [2.05, 4.69) is 4.98 Å². The lowest BCUT2D eigenvalue weighted by molar-refractivity contribution is 0.844. The fourth-order valence-corrected chi connectivity index (χ4v) is 1.53. The molecule has 0 atom stereocenters. The monoisotopic (exact) mass is 208 g/mol. The first-order valence-corrected chi connectivity index (χ1v) is 4.60. The number of hydrogen-bond acceptors (Lipinski definition) is 2. The Morgan fingerprint density at radius 2 is 2.14 bits per heavy atom. The molecule has 0 aliphatic heterocycles. The summed E-state index contributed by atoms with van der Waals surface area (Å²) in [6, 6.07) is 5.53. The van der Waals surface area contributed by atoms with Crippen molar-refractivity contribution in [2.45, 2.75) is 6.92 Å². The fraction of sp³-hybridized carbons (Fsp3) is 0.200. The van der Waals surface area contributed by atoms with Gasteiger partial charge in [-0.05, 0) is 30.7 Å². The van der Waals surface area contributed by atoms with Crippen LogP contribution in [0.1, 0.15) is 5.56 Å². The zero-order chi connectivity index (χ0) is 10.3. The van der Waals surface area contributed by atoms with Crippen molar-refractivity contribution in [1.29, 1.82) is 0 Å². The predicted octanol–water partition coefficient (Wildman–Crippen LogP) is 1.90. The molecule has 4 heteroatoms. The van der Waals surface area contributed by atoms with Crippen LogP contribution in [-0.2, 0) is 7.05 Å². The molecule has 1 heterocycles. The highest BCUT2D eigenvalue weighted by atomic mass is 35.5. The van der Waals surface area contributed by atoms with Crippen LogP contribution >= 0.6 is 11.6 Å². The van der Waals surface area contributed by atoms with Crippen molar-refractivity contribution in [3.05, 3.63) is 39.4 Å². The average molecular weight is 209 g/mol. The van der Waals surface area contributed by atoms with Crippen molar-refractivity contribution in [3.8, 4) is 0 Å². The van der Waals surface area contributed by atoms with Crippen LogP contribution in [0.15, 0.2) is 23.0 Å². The molecule has 0 aliphatic rings. The standard InChI is InChI=1S/C10H9ClN2O/c1-6-3-4-8-7(5-6)9(14)13(2)10(11)12-8/h3-5H,1-2H3. The largest absolute Gasteiger partial charge is 0.286 e. The zero-order valence-corrected chi connectivity index (χ0v) is 8.67. The predicted molar refractivity (Wildman–Crippen MR) is 56.7 cm³/mol. The quantitative estimate of drug-likeness (QED) is 0.620. The SMILES string of the molecule is Cc1ccc2nc(Cl)n(C)c(=O)c2c1. The lowest BCUT2D eigenvalue weighted by atomic mass is 10.2. The molecule has 0 unspecified atom stereocenters. The Bertz CT molecular complexity index is 560.